The Morgan fingerprint density at radius 1 is 0.875 bits per heavy atom. The fourth-order valence-electron chi connectivity index (χ4n) is 4.14. The van der Waals surface area contributed by atoms with Crippen LogP contribution in [0.3, 0.4) is 0 Å². The average Bonchev–Trinajstić information content (AvgIpc) is 2.70. The molecule has 0 saturated carbocycles. The van der Waals surface area contributed by atoms with Gasteiger partial charge in [0.1, 0.15) is 0 Å². The van der Waals surface area contributed by atoms with Gasteiger partial charge in [0, 0.05) is 22.3 Å². The van der Waals surface area contributed by atoms with E-state index in [1.54, 1.807) is 20.8 Å². The van der Waals surface area contributed by atoms with Gasteiger partial charge in [-0.1, -0.05) is 43.6 Å². The van der Waals surface area contributed by atoms with E-state index in [9.17, 15) is 14.7 Å². The lowest BCUT2D eigenvalue weighted by Crippen LogP contribution is -2.26. The molecule has 1 rings (SSSR count). The summed E-state index contributed by atoms with van der Waals surface area (Å²) in [5.74, 6) is 0.694. The van der Waals surface area contributed by atoms with Gasteiger partial charge in [-0.05, 0) is 98.8 Å². The van der Waals surface area contributed by atoms with Crippen molar-refractivity contribution in [1.29, 1.82) is 0 Å². The number of ketones is 2. The molecule has 3 heteroatoms. The first-order valence-corrected chi connectivity index (χ1v) is 12.4. The normalized spacial score (nSPS) is 18.2. The van der Waals surface area contributed by atoms with Crippen LogP contribution in [-0.4, -0.2) is 22.3 Å². The van der Waals surface area contributed by atoms with Crippen molar-refractivity contribution < 1.29 is 14.7 Å². The Morgan fingerprint density at radius 2 is 1.44 bits per heavy atom. The molecule has 0 fully saturated rings. The molecule has 180 valence electrons. The minimum atomic E-state index is -0.857. The summed E-state index contributed by atoms with van der Waals surface area (Å²) in [4.78, 5) is 24.9. The van der Waals surface area contributed by atoms with E-state index in [1.807, 2.05) is 6.92 Å². The summed E-state index contributed by atoms with van der Waals surface area (Å²) in [6.07, 6.45) is 12.9. The fraction of sp³-hybridized carbons (Fsp3) is 0.655. The maximum absolute atomic E-state index is 12.6. The van der Waals surface area contributed by atoms with Crippen molar-refractivity contribution in [3.8, 4) is 0 Å². The molecular weight excluding hydrogens is 396 g/mol. The van der Waals surface area contributed by atoms with Crippen LogP contribution in [0.15, 0.2) is 45.6 Å². The summed E-state index contributed by atoms with van der Waals surface area (Å²) < 4.78 is 0. The molecule has 0 bridgehead atoms. The predicted octanol–water partition coefficient (Wildman–Crippen LogP) is 7.60. The number of carbonyl (C=O) groups is 2. The highest BCUT2D eigenvalue weighted by molar-refractivity contribution is 6.24. The van der Waals surface area contributed by atoms with Gasteiger partial charge in [0.05, 0.1) is 5.60 Å². The third-order valence-corrected chi connectivity index (χ3v) is 6.78. The second kappa shape index (κ2) is 13.1. The summed E-state index contributed by atoms with van der Waals surface area (Å²) in [6, 6.07) is 0. The SMILES string of the molecule is CC1=C(C)C(=O)C(CC[C@](C)(O)CC/C=C(\C)CC/C=C(\C)CCCC(C)C)=C(C)C1=O. The lowest BCUT2D eigenvalue weighted by molar-refractivity contribution is -0.116. The largest absolute Gasteiger partial charge is 0.390 e. The van der Waals surface area contributed by atoms with E-state index in [1.165, 1.54) is 30.4 Å². The van der Waals surface area contributed by atoms with E-state index < -0.39 is 5.60 Å². The van der Waals surface area contributed by atoms with E-state index in [0.717, 1.165) is 25.2 Å². The molecule has 0 saturated heterocycles. The summed E-state index contributed by atoms with van der Waals surface area (Å²) >= 11 is 0. The zero-order chi connectivity index (χ0) is 24.5. The monoisotopic (exact) mass is 442 g/mol. The summed E-state index contributed by atoms with van der Waals surface area (Å²) in [5, 5.41) is 10.8. The third-order valence-electron chi connectivity index (χ3n) is 6.78. The van der Waals surface area contributed by atoms with E-state index in [4.69, 9.17) is 0 Å². The van der Waals surface area contributed by atoms with Crippen molar-refractivity contribution in [3.05, 3.63) is 45.6 Å². The van der Waals surface area contributed by atoms with Gasteiger partial charge < -0.3 is 5.11 Å². The highest BCUT2D eigenvalue weighted by atomic mass is 16.3. The first-order chi connectivity index (χ1) is 14.9. The highest BCUT2D eigenvalue weighted by Crippen LogP contribution is 2.30. The second-order valence-electron chi connectivity index (χ2n) is 10.5. The van der Waals surface area contributed by atoms with E-state index in [0.29, 0.717) is 41.6 Å². The van der Waals surface area contributed by atoms with Gasteiger partial charge in [0.25, 0.3) is 0 Å². The number of carbonyl (C=O) groups excluding carboxylic acids is 2. The van der Waals surface area contributed by atoms with Crippen LogP contribution in [0.4, 0.5) is 0 Å². The van der Waals surface area contributed by atoms with Gasteiger partial charge in [0.2, 0.25) is 0 Å². The van der Waals surface area contributed by atoms with Gasteiger partial charge in [-0.25, -0.2) is 0 Å². The van der Waals surface area contributed by atoms with Gasteiger partial charge in [0.15, 0.2) is 11.6 Å². The Morgan fingerprint density at radius 3 is 2.06 bits per heavy atom. The minimum Gasteiger partial charge on any atom is -0.390 e. The molecule has 0 unspecified atom stereocenters. The van der Waals surface area contributed by atoms with Crippen LogP contribution >= 0.6 is 0 Å². The van der Waals surface area contributed by atoms with E-state index in [-0.39, 0.29) is 11.6 Å². The first kappa shape index (κ1) is 28.3. The predicted molar refractivity (Wildman–Crippen MR) is 136 cm³/mol. The Kier molecular flexibility index (Phi) is 11.6. The molecule has 1 aliphatic carbocycles. The van der Waals surface area contributed by atoms with Gasteiger partial charge in [-0.3, -0.25) is 9.59 Å². The summed E-state index contributed by atoms with van der Waals surface area (Å²) in [6.45, 7) is 15.9. The Labute approximate surface area is 196 Å². The van der Waals surface area contributed by atoms with Crippen molar-refractivity contribution in [3.63, 3.8) is 0 Å². The molecule has 0 aliphatic heterocycles. The van der Waals surface area contributed by atoms with E-state index in [2.05, 4.69) is 39.8 Å². The van der Waals surface area contributed by atoms with E-state index >= 15 is 0 Å². The van der Waals surface area contributed by atoms with Crippen LogP contribution < -0.4 is 0 Å². The molecule has 0 aromatic rings. The quantitative estimate of drug-likeness (QED) is 0.236. The van der Waals surface area contributed by atoms with Crippen LogP contribution in [0.2, 0.25) is 0 Å². The molecule has 0 spiro atoms. The number of rotatable bonds is 13. The third kappa shape index (κ3) is 9.40. The molecule has 0 radical (unpaired) electrons. The standard InChI is InChI=1S/C29H46O3/c1-20(2)12-9-13-21(3)14-10-15-22(4)16-11-18-29(8,32)19-17-26-25(7)27(30)23(5)24(6)28(26)31/h14,16,20,32H,9-13,15,17-19H2,1-8H3/b21-14+,22-16+/t29-/m1/s1. The van der Waals surface area contributed by atoms with Crippen molar-refractivity contribution in [2.45, 2.75) is 119 Å². The van der Waals surface area contributed by atoms with Gasteiger partial charge in [-0.15, -0.1) is 0 Å². The molecule has 1 atom stereocenters. The molecule has 0 aromatic heterocycles. The minimum absolute atomic E-state index is 0.0421. The maximum atomic E-state index is 12.6. The molecule has 3 nitrogen and oxygen atoms in total. The van der Waals surface area contributed by atoms with Crippen molar-refractivity contribution in [2.24, 2.45) is 5.92 Å². The Hall–Kier alpha value is -1.74. The summed E-state index contributed by atoms with van der Waals surface area (Å²) in [7, 11) is 0. The molecule has 1 N–H and O–H groups in total. The molecule has 32 heavy (non-hydrogen) atoms. The lowest BCUT2D eigenvalue weighted by Gasteiger charge is -2.25. The number of aliphatic hydroxyl groups is 1. The van der Waals surface area contributed by atoms with Crippen molar-refractivity contribution in [1.82, 2.24) is 0 Å². The Bertz CT molecular complexity index is 800. The van der Waals surface area contributed by atoms with Gasteiger partial charge in [-0.2, -0.15) is 0 Å². The number of hydrogen-bond donors (Lipinski definition) is 1. The number of hydrogen-bond acceptors (Lipinski definition) is 3. The smallest absolute Gasteiger partial charge is 0.185 e. The second-order valence-corrected chi connectivity index (χ2v) is 10.5. The zero-order valence-electron chi connectivity index (χ0n) is 21.9. The lowest BCUT2D eigenvalue weighted by atomic mass is 9.82. The number of Topliss-reactive ketones (excluding diaryl/α,β-unsaturated/α-hetero) is 2. The van der Waals surface area contributed by atoms with Crippen molar-refractivity contribution >= 4 is 11.6 Å². The molecule has 0 amide bonds. The van der Waals surface area contributed by atoms with Crippen molar-refractivity contribution in [2.75, 3.05) is 0 Å². The molecule has 0 heterocycles. The fourth-order valence-corrected chi connectivity index (χ4v) is 4.14. The van der Waals surface area contributed by atoms with Crippen LogP contribution in [0, 0.1) is 5.92 Å². The highest BCUT2D eigenvalue weighted by Gasteiger charge is 2.29. The number of allylic oxidation sites excluding steroid dienone is 8. The van der Waals surface area contributed by atoms with Crippen LogP contribution in [0.25, 0.3) is 0 Å². The van der Waals surface area contributed by atoms with Crippen LogP contribution in [-0.2, 0) is 9.59 Å². The Balaban J connectivity index is 2.47. The average molecular weight is 443 g/mol. The van der Waals surface area contributed by atoms with Gasteiger partial charge >= 0.3 is 0 Å². The molecule has 0 aromatic carbocycles. The molecular formula is C29H46O3. The topological polar surface area (TPSA) is 54.4 Å². The maximum Gasteiger partial charge on any atom is 0.185 e. The van der Waals surface area contributed by atoms with Crippen LogP contribution in [0.1, 0.15) is 113 Å². The molecule has 1 aliphatic rings. The first-order valence-electron chi connectivity index (χ1n) is 12.4. The zero-order valence-corrected chi connectivity index (χ0v) is 21.9. The summed E-state index contributed by atoms with van der Waals surface area (Å²) in [5.41, 5.74) is 4.18. The van der Waals surface area contributed by atoms with Crippen LogP contribution in [0.5, 0.6) is 0 Å².